The molecule has 0 bridgehead atoms. The molecule has 174 valence electrons. The van der Waals surface area contributed by atoms with Crippen LogP contribution in [0.1, 0.15) is 43.8 Å². The van der Waals surface area contributed by atoms with Crippen LogP contribution >= 0.6 is 11.6 Å². The molecule has 1 atom stereocenters. The van der Waals surface area contributed by atoms with E-state index in [1.807, 2.05) is 63.2 Å². The van der Waals surface area contributed by atoms with Gasteiger partial charge >= 0.3 is 0 Å². The smallest absolute Gasteiger partial charge is 0.242 e. The number of furan rings is 1. The number of rotatable bonds is 10. The third-order valence-electron chi connectivity index (χ3n) is 5.69. The molecule has 32 heavy (non-hydrogen) atoms. The van der Waals surface area contributed by atoms with Crippen LogP contribution in [0.3, 0.4) is 0 Å². The number of ether oxygens (including phenoxy) is 1. The first-order chi connectivity index (χ1) is 15.3. The van der Waals surface area contributed by atoms with Gasteiger partial charge in [-0.3, -0.25) is 9.59 Å². The fraction of sp³-hybridized carbons (Fsp3) is 0.520. The summed E-state index contributed by atoms with van der Waals surface area (Å²) in [7, 11) is 0. The molecule has 1 saturated heterocycles. The van der Waals surface area contributed by atoms with Crippen LogP contribution in [-0.4, -0.2) is 53.3 Å². The maximum atomic E-state index is 13.5. The summed E-state index contributed by atoms with van der Waals surface area (Å²) in [6, 6.07) is 13.6. The summed E-state index contributed by atoms with van der Waals surface area (Å²) in [5.74, 6) is 1.42. The zero-order valence-corrected chi connectivity index (χ0v) is 19.9. The van der Waals surface area contributed by atoms with E-state index in [-0.39, 0.29) is 30.3 Å². The average molecular weight is 461 g/mol. The number of amides is 2. The molecule has 0 radical (unpaired) electrons. The number of nitrogens with zero attached hydrogens (tertiary/aromatic N) is 2. The van der Waals surface area contributed by atoms with Gasteiger partial charge in [-0.1, -0.05) is 30.3 Å². The number of hydrogen-bond donors (Lipinski definition) is 0. The molecule has 0 aliphatic carbocycles. The lowest BCUT2D eigenvalue weighted by atomic mass is 9.94. The van der Waals surface area contributed by atoms with Crippen LogP contribution in [-0.2, 0) is 27.4 Å². The van der Waals surface area contributed by atoms with Gasteiger partial charge in [0.15, 0.2) is 0 Å². The van der Waals surface area contributed by atoms with E-state index in [1.54, 1.807) is 9.80 Å². The Labute approximate surface area is 195 Å². The summed E-state index contributed by atoms with van der Waals surface area (Å²) in [6.45, 7) is 7.32. The van der Waals surface area contributed by atoms with Gasteiger partial charge in [0.2, 0.25) is 11.8 Å². The number of aryl methyl sites for hydroxylation is 1. The molecule has 0 spiro atoms. The third-order valence-corrected chi connectivity index (χ3v) is 6.35. The van der Waals surface area contributed by atoms with Crippen molar-refractivity contribution in [2.24, 2.45) is 5.41 Å². The first kappa shape index (κ1) is 24.3. The average Bonchev–Trinajstić information content (AvgIpc) is 3.44. The normalized spacial score (nSPS) is 16.2. The van der Waals surface area contributed by atoms with E-state index < -0.39 is 5.41 Å². The second-order valence-electron chi connectivity index (χ2n) is 9.09. The molecule has 1 fully saturated rings. The predicted molar refractivity (Wildman–Crippen MR) is 124 cm³/mol. The molecule has 1 aromatic heterocycles. The quantitative estimate of drug-likeness (QED) is 0.493. The summed E-state index contributed by atoms with van der Waals surface area (Å²) < 4.78 is 11.5. The van der Waals surface area contributed by atoms with E-state index in [0.29, 0.717) is 32.0 Å². The van der Waals surface area contributed by atoms with Gasteiger partial charge in [-0.2, -0.15) is 0 Å². The van der Waals surface area contributed by atoms with Crippen molar-refractivity contribution in [1.29, 1.82) is 0 Å². The lowest BCUT2D eigenvalue weighted by Gasteiger charge is -2.33. The van der Waals surface area contributed by atoms with Gasteiger partial charge in [0.1, 0.15) is 11.5 Å². The highest BCUT2D eigenvalue weighted by Gasteiger charge is 2.35. The molecule has 1 aliphatic heterocycles. The Bertz CT molecular complexity index is 890. The molecule has 6 nitrogen and oxygen atoms in total. The molecule has 3 rings (SSSR count). The molecule has 2 amide bonds. The van der Waals surface area contributed by atoms with E-state index in [1.165, 1.54) is 0 Å². The summed E-state index contributed by atoms with van der Waals surface area (Å²) in [6.07, 6.45) is 1.81. The van der Waals surface area contributed by atoms with Crippen LogP contribution < -0.4 is 0 Å². The Balaban J connectivity index is 1.79. The van der Waals surface area contributed by atoms with Crippen molar-refractivity contribution in [1.82, 2.24) is 9.80 Å². The van der Waals surface area contributed by atoms with Gasteiger partial charge in [-0.15, -0.1) is 11.6 Å². The fourth-order valence-corrected chi connectivity index (χ4v) is 3.91. The Morgan fingerprint density at radius 1 is 1.09 bits per heavy atom. The first-order valence-corrected chi connectivity index (χ1v) is 11.7. The minimum Gasteiger partial charge on any atom is -0.464 e. The van der Waals surface area contributed by atoms with E-state index in [0.717, 1.165) is 24.2 Å². The minimum atomic E-state index is -0.761. The molecule has 1 unspecified atom stereocenters. The zero-order valence-electron chi connectivity index (χ0n) is 19.2. The lowest BCUT2D eigenvalue weighted by molar-refractivity contribution is -0.147. The largest absolute Gasteiger partial charge is 0.464 e. The molecular weight excluding hydrogens is 428 g/mol. The highest BCUT2D eigenvalue weighted by atomic mass is 35.5. The van der Waals surface area contributed by atoms with Crippen LogP contribution in [0.15, 0.2) is 46.9 Å². The summed E-state index contributed by atoms with van der Waals surface area (Å²) >= 11 is 6.08. The van der Waals surface area contributed by atoms with Crippen molar-refractivity contribution < 1.29 is 18.7 Å². The minimum absolute atomic E-state index is 0.0223. The monoisotopic (exact) mass is 460 g/mol. The van der Waals surface area contributed by atoms with Crippen molar-refractivity contribution in [3.05, 3.63) is 59.5 Å². The fourth-order valence-electron chi connectivity index (χ4n) is 3.80. The van der Waals surface area contributed by atoms with Crippen molar-refractivity contribution in [3.8, 4) is 0 Å². The predicted octanol–water partition coefficient (Wildman–Crippen LogP) is 4.39. The molecule has 1 aliphatic rings. The van der Waals surface area contributed by atoms with Crippen molar-refractivity contribution in [3.63, 3.8) is 0 Å². The SMILES string of the molecule is Cc1ccc(CN(Cc2ccccc2)C(=O)CN(CC2CCCO2)C(=O)C(C)(C)CCl)o1. The van der Waals surface area contributed by atoms with Gasteiger partial charge in [0.25, 0.3) is 0 Å². The molecule has 2 aromatic rings. The number of alkyl halides is 1. The van der Waals surface area contributed by atoms with Gasteiger partial charge in [0, 0.05) is 25.6 Å². The molecule has 0 N–H and O–H groups in total. The highest BCUT2D eigenvalue weighted by Crippen LogP contribution is 2.23. The number of carbonyl (C=O) groups is 2. The summed E-state index contributed by atoms with van der Waals surface area (Å²) in [5.41, 5.74) is 0.255. The van der Waals surface area contributed by atoms with Gasteiger partial charge in [0.05, 0.1) is 24.6 Å². The van der Waals surface area contributed by atoms with Gasteiger partial charge in [-0.25, -0.2) is 0 Å². The molecule has 7 heteroatoms. The van der Waals surface area contributed by atoms with Crippen LogP contribution in [0.25, 0.3) is 0 Å². The standard InChI is InChI=1S/C25H33ClN2O4/c1-19-11-12-22(32-19)16-27(14-20-8-5-4-6-9-20)23(29)17-28(15-21-10-7-13-31-21)24(30)25(2,3)18-26/h4-6,8-9,11-12,21H,7,10,13-18H2,1-3H3. The van der Waals surface area contributed by atoms with Crippen LogP contribution in [0.4, 0.5) is 0 Å². The van der Waals surface area contributed by atoms with Crippen molar-refractivity contribution >= 4 is 23.4 Å². The van der Waals surface area contributed by atoms with E-state index in [2.05, 4.69) is 0 Å². The van der Waals surface area contributed by atoms with E-state index >= 15 is 0 Å². The zero-order chi connectivity index (χ0) is 23.1. The second kappa shape index (κ2) is 11.0. The molecule has 0 saturated carbocycles. The third kappa shape index (κ3) is 6.59. The highest BCUT2D eigenvalue weighted by molar-refractivity contribution is 6.19. The van der Waals surface area contributed by atoms with Crippen molar-refractivity contribution in [2.45, 2.75) is 52.8 Å². The number of halogens is 1. The maximum absolute atomic E-state index is 13.5. The van der Waals surface area contributed by atoms with Crippen molar-refractivity contribution in [2.75, 3.05) is 25.6 Å². The lowest BCUT2D eigenvalue weighted by Crippen LogP contribution is -2.49. The van der Waals surface area contributed by atoms with Crippen LogP contribution in [0.5, 0.6) is 0 Å². The van der Waals surface area contributed by atoms with E-state index in [4.69, 9.17) is 20.8 Å². The maximum Gasteiger partial charge on any atom is 0.242 e. The van der Waals surface area contributed by atoms with Gasteiger partial charge < -0.3 is 19.0 Å². The topological polar surface area (TPSA) is 63.0 Å². The first-order valence-electron chi connectivity index (χ1n) is 11.1. The Morgan fingerprint density at radius 2 is 1.84 bits per heavy atom. The number of benzene rings is 1. The molecule has 1 aromatic carbocycles. The van der Waals surface area contributed by atoms with Gasteiger partial charge in [-0.05, 0) is 51.3 Å². The van der Waals surface area contributed by atoms with E-state index in [9.17, 15) is 9.59 Å². The van der Waals surface area contributed by atoms with Crippen LogP contribution in [0.2, 0.25) is 0 Å². The Kier molecular flexibility index (Phi) is 8.38. The molecule has 2 heterocycles. The summed E-state index contributed by atoms with van der Waals surface area (Å²) in [5, 5.41) is 0. The molecular formula is C25H33ClN2O4. The van der Waals surface area contributed by atoms with Crippen LogP contribution in [0, 0.1) is 12.3 Å². The summed E-state index contributed by atoms with van der Waals surface area (Å²) in [4.78, 5) is 30.1. The number of hydrogen-bond acceptors (Lipinski definition) is 4. The Hall–Kier alpha value is -2.31. The Morgan fingerprint density at radius 3 is 2.44 bits per heavy atom. The second-order valence-corrected chi connectivity index (χ2v) is 9.35. The number of carbonyl (C=O) groups excluding carboxylic acids is 2.